The van der Waals surface area contributed by atoms with Crippen molar-refractivity contribution >= 4 is 39.3 Å². The number of hydrogen-bond acceptors (Lipinski definition) is 4. The molecule has 7 nitrogen and oxygen atoms in total. The maximum atomic E-state index is 14.0. The number of fused-ring (bicyclic) bond motifs is 2. The van der Waals surface area contributed by atoms with Crippen molar-refractivity contribution in [3.63, 3.8) is 0 Å². The van der Waals surface area contributed by atoms with Gasteiger partial charge in [-0.25, -0.2) is 0 Å². The third kappa shape index (κ3) is 5.41. The molecule has 1 N–H and O–H groups in total. The molecule has 2 aliphatic rings. The lowest BCUT2D eigenvalue weighted by atomic mass is 9.95. The number of likely N-dealkylation sites (tertiary alicyclic amines) is 2. The second kappa shape index (κ2) is 11.2. The zero-order chi connectivity index (χ0) is 26.8. The van der Waals surface area contributed by atoms with E-state index in [1.165, 1.54) is 32.4 Å². The minimum atomic E-state index is -0.186. The second-order valence-corrected chi connectivity index (χ2v) is 11.2. The Morgan fingerprint density at radius 3 is 2.59 bits per heavy atom. The monoisotopic (exact) mass is 523 g/mol. The van der Waals surface area contributed by atoms with Crippen molar-refractivity contribution in [1.82, 2.24) is 19.8 Å². The smallest absolute Gasteiger partial charge is 0.258 e. The third-order valence-corrected chi connectivity index (χ3v) is 8.52. The Kier molecular flexibility index (Phi) is 7.33. The Morgan fingerprint density at radius 1 is 0.974 bits per heavy atom. The molecule has 0 saturated carbocycles. The predicted octanol–water partition coefficient (Wildman–Crippen LogP) is 5.40. The number of nitrogens with zero attached hydrogens (tertiary/aromatic N) is 4. The maximum absolute atomic E-state index is 14.0. The van der Waals surface area contributed by atoms with Gasteiger partial charge in [-0.2, -0.15) is 0 Å². The van der Waals surface area contributed by atoms with Crippen LogP contribution in [0.5, 0.6) is 0 Å². The van der Waals surface area contributed by atoms with Crippen molar-refractivity contribution in [3.8, 4) is 0 Å². The van der Waals surface area contributed by atoms with E-state index in [0.29, 0.717) is 17.2 Å². The molecule has 0 atom stereocenters. The Balaban J connectivity index is 1.23. The fraction of sp³-hybridized carbons (Fsp3) is 0.406. The Bertz CT molecular complexity index is 1480. The molecule has 4 heterocycles. The van der Waals surface area contributed by atoms with Crippen LogP contribution in [0.3, 0.4) is 0 Å². The number of nitrogens with one attached hydrogen (secondary N) is 1. The van der Waals surface area contributed by atoms with E-state index < -0.39 is 0 Å². The van der Waals surface area contributed by atoms with E-state index in [9.17, 15) is 9.59 Å². The molecular weight excluding hydrogens is 486 g/mol. The van der Waals surface area contributed by atoms with Crippen LogP contribution in [-0.4, -0.2) is 70.9 Å². The van der Waals surface area contributed by atoms with E-state index in [-0.39, 0.29) is 18.4 Å². The number of hydrogen-bond donors (Lipinski definition) is 1. The molecule has 2 fully saturated rings. The summed E-state index contributed by atoms with van der Waals surface area (Å²) in [5.74, 6) is 0.455. The number of carbonyl (C=O) groups is 2. The van der Waals surface area contributed by atoms with Crippen molar-refractivity contribution in [2.75, 3.05) is 44.2 Å². The molecule has 202 valence electrons. The summed E-state index contributed by atoms with van der Waals surface area (Å²) in [6.45, 7) is 7.13. The lowest BCUT2D eigenvalue weighted by Gasteiger charge is -2.37. The first kappa shape index (κ1) is 25.6. The van der Waals surface area contributed by atoms with Gasteiger partial charge in [-0.1, -0.05) is 30.7 Å². The molecule has 2 amide bonds. The highest BCUT2D eigenvalue weighted by molar-refractivity contribution is 6.13. The molecule has 7 heteroatoms. The van der Waals surface area contributed by atoms with E-state index in [0.717, 1.165) is 59.8 Å². The molecule has 39 heavy (non-hydrogen) atoms. The fourth-order valence-electron chi connectivity index (χ4n) is 6.25. The van der Waals surface area contributed by atoms with Crippen molar-refractivity contribution in [2.45, 2.75) is 39.0 Å². The molecule has 0 bridgehead atoms. The van der Waals surface area contributed by atoms with Crippen molar-refractivity contribution in [3.05, 3.63) is 72.1 Å². The molecule has 6 rings (SSSR count). The molecule has 0 spiro atoms. The number of para-hydroxylation sites is 1. The van der Waals surface area contributed by atoms with Gasteiger partial charge in [-0.3, -0.25) is 19.5 Å². The van der Waals surface area contributed by atoms with Crippen LogP contribution in [0.1, 0.15) is 48.0 Å². The summed E-state index contributed by atoms with van der Waals surface area (Å²) in [6, 6.07) is 15.3. The summed E-state index contributed by atoms with van der Waals surface area (Å²) in [7, 11) is 0. The Labute approximate surface area is 229 Å². The van der Waals surface area contributed by atoms with Crippen molar-refractivity contribution in [2.24, 2.45) is 5.92 Å². The zero-order valence-corrected chi connectivity index (χ0v) is 22.7. The van der Waals surface area contributed by atoms with Crippen LogP contribution in [-0.2, 0) is 4.79 Å². The number of aromatic amines is 1. The van der Waals surface area contributed by atoms with Gasteiger partial charge in [-0.05, 0) is 81.4 Å². The van der Waals surface area contributed by atoms with Crippen LogP contribution in [0.4, 0.5) is 5.69 Å². The maximum Gasteiger partial charge on any atom is 0.258 e. The van der Waals surface area contributed by atoms with Crippen LogP contribution < -0.4 is 4.90 Å². The average Bonchev–Trinajstić information content (AvgIpc) is 3.36. The number of benzene rings is 2. The molecule has 2 aromatic carbocycles. The fourth-order valence-corrected chi connectivity index (χ4v) is 6.25. The van der Waals surface area contributed by atoms with Crippen LogP contribution in [0, 0.1) is 12.8 Å². The van der Waals surface area contributed by atoms with Gasteiger partial charge in [0.1, 0.15) is 6.54 Å². The van der Waals surface area contributed by atoms with E-state index in [2.05, 4.69) is 14.9 Å². The molecule has 2 aromatic heterocycles. The first-order chi connectivity index (χ1) is 19.1. The number of H-pyrrole nitrogens is 1. The van der Waals surface area contributed by atoms with E-state index in [1.807, 2.05) is 66.6 Å². The highest BCUT2D eigenvalue weighted by atomic mass is 16.2. The van der Waals surface area contributed by atoms with Crippen LogP contribution in [0.25, 0.3) is 21.8 Å². The SMILES string of the molecule is Cc1c[nH]c2cc(C(=O)N(CC(=O)N3CCC(CN4CCCCC4)CC3)c3ccnc4ccccc34)ccc12. The van der Waals surface area contributed by atoms with Gasteiger partial charge in [0.05, 0.1) is 11.2 Å². The summed E-state index contributed by atoms with van der Waals surface area (Å²) in [5, 5.41) is 1.95. The molecule has 0 unspecified atom stereocenters. The third-order valence-electron chi connectivity index (χ3n) is 8.52. The summed E-state index contributed by atoms with van der Waals surface area (Å²) in [4.78, 5) is 41.6. The van der Waals surface area contributed by atoms with Gasteiger partial charge in [0.25, 0.3) is 5.91 Å². The topological polar surface area (TPSA) is 72.5 Å². The van der Waals surface area contributed by atoms with Gasteiger partial charge in [0, 0.05) is 53.9 Å². The van der Waals surface area contributed by atoms with Gasteiger partial charge in [0.15, 0.2) is 0 Å². The summed E-state index contributed by atoms with van der Waals surface area (Å²) in [6.07, 6.45) is 9.68. The highest BCUT2D eigenvalue weighted by Crippen LogP contribution is 2.29. The number of piperidine rings is 2. The summed E-state index contributed by atoms with van der Waals surface area (Å²) >= 11 is 0. The molecule has 0 aliphatic carbocycles. The number of rotatable bonds is 6. The standard InChI is InChI=1S/C32H37N5O2/c1-23-20-34-29-19-25(9-10-26(23)29)32(39)37(30-11-14-33-28-8-4-3-7-27(28)30)22-31(38)36-17-12-24(13-18-36)21-35-15-5-2-6-16-35/h3-4,7-11,14,19-20,24,34H,2,5-6,12-13,15-18,21-22H2,1H3. The largest absolute Gasteiger partial charge is 0.361 e. The van der Waals surface area contributed by atoms with E-state index in [1.54, 1.807) is 11.1 Å². The number of aromatic nitrogens is 2. The number of amides is 2. The highest BCUT2D eigenvalue weighted by Gasteiger charge is 2.29. The molecule has 2 aliphatic heterocycles. The molecule has 0 radical (unpaired) electrons. The van der Waals surface area contributed by atoms with Crippen LogP contribution in [0.2, 0.25) is 0 Å². The minimum absolute atomic E-state index is 0.00235. The van der Waals surface area contributed by atoms with E-state index in [4.69, 9.17) is 0 Å². The lowest BCUT2D eigenvalue weighted by molar-refractivity contribution is -0.131. The average molecular weight is 524 g/mol. The predicted molar refractivity (Wildman–Crippen MR) is 156 cm³/mol. The second-order valence-electron chi connectivity index (χ2n) is 11.2. The van der Waals surface area contributed by atoms with Gasteiger partial charge in [0.2, 0.25) is 5.91 Å². The Morgan fingerprint density at radius 2 is 1.77 bits per heavy atom. The Hall–Kier alpha value is -3.71. The van der Waals surface area contributed by atoms with Crippen LogP contribution >= 0.6 is 0 Å². The molecule has 4 aromatic rings. The normalized spacial score (nSPS) is 17.1. The first-order valence-corrected chi connectivity index (χ1v) is 14.3. The number of carbonyl (C=O) groups excluding carboxylic acids is 2. The van der Waals surface area contributed by atoms with Gasteiger partial charge in [-0.15, -0.1) is 0 Å². The van der Waals surface area contributed by atoms with Gasteiger partial charge < -0.3 is 14.8 Å². The summed E-state index contributed by atoms with van der Waals surface area (Å²) < 4.78 is 0. The minimum Gasteiger partial charge on any atom is -0.361 e. The number of pyridine rings is 1. The van der Waals surface area contributed by atoms with Crippen LogP contribution in [0.15, 0.2) is 60.9 Å². The quantitative estimate of drug-likeness (QED) is 0.368. The zero-order valence-electron chi connectivity index (χ0n) is 22.7. The first-order valence-electron chi connectivity index (χ1n) is 14.3. The molecular formula is C32H37N5O2. The lowest BCUT2D eigenvalue weighted by Crippen LogP contribution is -2.47. The molecule has 2 saturated heterocycles. The van der Waals surface area contributed by atoms with Crippen molar-refractivity contribution < 1.29 is 9.59 Å². The van der Waals surface area contributed by atoms with Crippen molar-refractivity contribution in [1.29, 1.82) is 0 Å². The van der Waals surface area contributed by atoms with E-state index >= 15 is 0 Å². The summed E-state index contributed by atoms with van der Waals surface area (Å²) in [5.41, 5.74) is 4.12. The number of anilines is 1. The van der Waals surface area contributed by atoms with Gasteiger partial charge >= 0.3 is 0 Å². The number of aryl methyl sites for hydroxylation is 1.